The Morgan fingerprint density at radius 1 is 1.06 bits per heavy atom. The smallest absolute Gasteiger partial charge is 0.252 e. The lowest BCUT2D eigenvalue weighted by atomic mass is 10.1. The summed E-state index contributed by atoms with van der Waals surface area (Å²) in [4.78, 5) is 27.8. The van der Waals surface area contributed by atoms with Gasteiger partial charge in [-0.2, -0.15) is 0 Å². The molecule has 2 aromatic carbocycles. The lowest BCUT2D eigenvalue weighted by molar-refractivity contribution is -0.118. The Morgan fingerprint density at radius 2 is 1.77 bits per heavy atom. The van der Waals surface area contributed by atoms with Crippen LogP contribution < -0.4 is 21.3 Å². The molecular formula is C23H32Cl2N4O2. The molecule has 1 atom stereocenters. The highest BCUT2D eigenvalue weighted by molar-refractivity contribution is 6.01. The summed E-state index contributed by atoms with van der Waals surface area (Å²) in [6.07, 6.45) is 4.78. The van der Waals surface area contributed by atoms with Gasteiger partial charge in [0.05, 0.1) is 0 Å². The summed E-state index contributed by atoms with van der Waals surface area (Å²) in [6, 6.07) is 14.1. The molecule has 1 aliphatic rings. The third kappa shape index (κ3) is 7.64. The number of carbonyl (C=O) groups excluding carboxylic acids is 2. The lowest BCUT2D eigenvalue weighted by Gasteiger charge is -2.21. The maximum Gasteiger partial charge on any atom is 0.252 e. The molecule has 1 saturated heterocycles. The Labute approximate surface area is 196 Å². The van der Waals surface area contributed by atoms with Crippen LogP contribution in [0.5, 0.6) is 0 Å². The summed E-state index contributed by atoms with van der Waals surface area (Å²) in [5.41, 5.74) is 8.61. The second-order valence-electron chi connectivity index (χ2n) is 7.53. The number of hydrogen-bond donors (Lipinski definition) is 3. The Morgan fingerprint density at radius 3 is 2.45 bits per heavy atom. The van der Waals surface area contributed by atoms with Gasteiger partial charge in [-0.1, -0.05) is 31.9 Å². The molecule has 6 nitrogen and oxygen atoms in total. The molecule has 1 heterocycles. The van der Waals surface area contributed by atoms with Gasteiger partial charge in [-0.15, -0.1) is 24.8 Å². The number of nitrogens with two attached hydrogens (primary N) is 1. The zero-order valence-electron chi connectivity index (χ0n) is 17.8. The van der Waals surface area contributed by atoms with Crippen molar-refractivity contribution in [3.8, 4) is 0 Å². The molecule has 2 amide bonds. The molecule has 2 aromatic rings. The fourth-order valence-corrected chi connectivity index (χ4v) is 3.58. The summed E-state index contributed by atoms with van der Waals surface area (Å²) >= 11 is 0. The van der Waals surface area contributed by atoms with Crippen molar-refractivity contribution in [3.05, 3.63) is 54.1 Å². The maximum absolute atomic E-state index is 12.9. The number of unbranched alkanes of at least 4 members (excludes halogenated alkanes) is 1. The van der Waals surface area contributed by atoms with Gasteiger partial charge in [-0.25, -0.2) is 0 Å². The van der Waals surface area contributed by atoms with Gasteiger partial charge in [0.25, 0.3) is 5.91 Å². The van der Waals surface area contributed by atoms with E-state index in [0.717, 1.165) is 37.3 Å². The topological polar surface area (TPSA) is 87.5 Å². The average molecular weight is 467 g/mol. The summed E-state index contributed by atoms with van der Waals surface area (Å²) in [5.74, 6) is -0.492. The average Bonchev–Trinajstić information content (AvgIpc) is 3.26. The van der Waals surface area contributed by atoms with E-state index in [4.69, 9.17) is 5.73 Å². The van der Waals surface area contributed by atoms with E-state index >= 15 is 0 Å². The summed E-state index contributed by atoms with van der Waals surface area (Å²) < 4.78 is 0. The molecule has 1 aliphatic heterocycles. The minimum Gasteiger partial charge on any atom is -0.399 e. The normalized spacial score (nSPS) is 13.5. The molecule has 4 N–H and O–H groups in total. The fraction of sp³-hybridized carbons (Fsp3) is 0.391. The molecule has 3 rings (SSSR count). The van der Waals surface area contributed by atoms with Gasteiger partial charge in [-0.3, -0.25) is 9.59 Å². The van der Waals surface area contributed by atoms with Crippen molar-refractivity contribution < 1.29 is 9.59 Å². The first-order valence-electron chi connectivity index (χ1n) is 10.4. The summed E-state index contributed by atoms with van der Waals surface area (Å²) in [6.45, 7) is 4.16. The van der Waals surface area contributed by atoms with E-state index in [2.05, 4.69) is 28.5 Å². The molecule has 0 aromatic heterocycles. The molecule has 1 unspecified atom stereocenters. The van der Waals surface area contributed by atoms with Crippen molar-refractivity contribution >= 4 is 53.7 Å². The van der Waals surface area contributed by atoms with Gasteiger partial charge in [0.1, 0.15) is 6.04 Å². The molecule has 1 fully saturated rings. The monoisotopic (exact) mass is 466 g/mol. The van der Waals surface area contributed by atoms with Crippen LogP contribution in [0.1, 0.15) is 49.4 Å². The largest absolute Gasteiger partial charge is 0.399 e. The maximum atomic E-state index is 12.9. The number of benzene rings is 2. The SMILES string of the molecule is CCCCC(NC(=O)c1cccc(N)c1)C(=O)Nc1cccc(N2CCCC2)c1.Cl.Cl. The van der Waals surface area contributed by atoms with Gasteiger partial charge in [-0.05, 0) is 55.7 Å². The predicted molar refractivity (Wildman–Crippen MR) is 133 cm³/mol. The van der Waals surface area contributed by atoms with Crippen LogP contribution in [-0.2, 0) is 4.79 Å². The van der Waals surface area contributed by atoms with E-state index < -0.39 is 6.04 Å². The second kappa shape index (κ2) is 13.1. The van der Waals surface area contributed by atoms with Crippen molar-refractivity contribution in [1.82, 2.24) is 5.32 Å². The van der Waals surface area contributed by atoms with Gasteiger partial charge in [0.15, 0.2) is 0 Å². The van der Waals surface area contributed by atoms with Crippen LogP contribution in [0, 0.1) is 0 Å². The van der Waals surface area contributed by atoms with Crippen molar-refractivity contribution in [2.24, 2.45) is 0 Å². The minimum absolute atomic E-state index is 0. The Kier molecular flexibility index (Phi) is 11.2. The number of amides is 2. The number of anilines is 3. The van der Waals surface area contributed by atoms with E-state index in [1.165, 1.54) is 12.8 Å². The van der Waals surface area contributed by atoms with Crippen molar-refractivity contribution in [2.75, 3.05) is 29.0 Å². The second-order valence-corrected chi connectivity index (χ2v) is 7.53. The molecule has 0 aliphatic carbocycles. The first kappa shape index (κ1) is 26.6. The van der Waals surface area contributed by atoms with Gasteiger partial charge < -0.3 is 21.3 Å². The number of nitrogen functional groups attached to an aromatic ring is 1. The van der Waals surface area contributed by atoms with E-state index in [-0.39, 0.29) is 36.6 Å². The highest BCUT2D eigenvalue weighted by Crippen LogP contribution is 2.23. The van der Waals surface area contributed by atoms with E-state index in [0.29, 0.717) is 17.7 Å². The van der Waals surface area contributed by atoms with Crippen LogP contribution in [0.2, 0.25) is 0 Å². The minimum atomic E-state index is -0.598. The van der Waals surface area contributed by atoms with Crippen LogP contribution >= 0.6 is 24.8 Å². The number of nitrogens with one attached hydrogen (secondary N) is 2. The lowest BCUT2D eigenvalue weighted by Crippen LogP contribution is -2.43. The Bertz CT molecular complexity index is 857. The third-order valence-corrected chi connectivity index (χ3v) is 5.20. The van der Waals surface area contributed by atoms with Gasteiger partial charge in [0.2, 0.25) is 5.91 Å². The highest BCUT2D eigenvalue weighted by atomic mass is 35.5. The third-order valence-electron chi connectivity index (χ3n) is 5.20. The highest BCUT2D eigenvalue weighted by Gasteiger charge is 2.22. The molecular weight excluding hydrogens is 435 g/mol. The van der Waals surface area contributed by atoms with Gasteiger partial charge in [0, 0.05) is 35.7 Å². The summed E-state index contributed by atoms with van der Waals surface area (Å²) in [5, 5.41) is 5.85. The molecule has 0 spiro atoms. The van der Waals surface area contributed by atoms with Crippen LogP contribution in [0.25, 0.3) is 0 Å². The van der Waals surface area contributed by atoms with Crippen molar-refractivity contribution in [2.45, 2.75) is 45.1 Å². The van der Waals surface area contributed by atoms with Crippen molar-refractivity contribution in [1.29, 1.82) is 0 Å². The van der Waals surface area contributed by atoms with Crippen molar-refractivity contribution in [3.63, 3.8) is 0 Å². The predicted octanol–water partition coefficient (Wildman–Crippen LogP) is 4.64. The fourth-order valence-electron chi connectivity index (χ4n) is 3.58. The number of halogens is 2. The number of carbonyl (C=O) groups is 2. The Hall–Kier alpha value is -2.44. The van der Waals surface area contributed by atoms with Crippen LogP contribution in [0.4, 0.5) is 17.1 Å². The van der Waals surface area contributed by atoms with E-state index in [1.54, 1.807) is 24.3 Å². The number of nitrogens with zero attached hydrogens (tertiary/aromatic N) is 1. The van der Waals surface area contributed by atoms with E-state index in [1.807, 2.05) is 18.2 Å². The molecule has 31 heavy (non-hydrogen) atoms. The number of rotatable bonds is 8. The van der Waals surface area contributed by atoms with E-state index in [9.17, 15) is 9.59 Å². The molecule has 0 radical (unpaired) electrons. The molecule has 0 bridgehead atoms. The number of hydrogen-bond acceptors (Lipinski definition) is 4. The Balaban J connectivity index is 0.00000240. The van der Waals surface area contributed by atoms with Crippen LogP contribution in [-0.4, -0.2) is 30.9 Å². The first-order chi connectivity index (χ1) is 14.1. The zero-order valence-corrected chi connectivity index (χ0v) is 19.4. The summed E-state index contributed by atoms with van der Waals surface area (Å²) in [7, 11) is 0. The zero-order chi connectivity index (χ0) is 20.6. The molecule has 0 saturated carbocycles. The standard InChI is InChI=1S/C23H30N4O2.2ClH/c1-2-3-12-21(26-22(28)17-8-6-9-18(24)15-17)23(29)25-19-10-7-11-20(16-19)27-13-4-5-14-27;;/h6-11,15-16,21H,2-5,12-14,24H2,1H3,(H,25,29)(H,26,28);2*1H. The first-order valence-corrected chi connectivity index (χ1v) is 10.4. The van der Waals surface area contributed by atoms with Crippen LogP contribution in [0.15, 0.2) is 48.5 Å². The molecule has 8 heteroatoms. The molecule has 170 valence electrons. The van der Waals surface area contributed by atoms with Crippen LogP contribution in [0.3, 0.4) is 0 Å². The van der Waals surface area contributed by atoms with Gasteiger partial charge >= 0.3 is 0 Å². The quantitative estimate of drug-likeness (QED) is 0.494.